The molecule has 0 N–H and O–H groups in total. The van der Waals surface area contributed by atoms with Crippen LogP contribution in [0.3, 0.4) is 0 Å². The van der Waals surface area contributed by atoms with Crippen molar-refractivity contribution in [1.82, 2.24) is 0 Å². The molecule has 0 spiro atoms. The van der Waals surface area contributed by atoms with Crippen molar-refractivity contribution in [3.63, 3.8) is 0 Å². The molecule has 0 heterocycles. The van der Waals surface area contributed by atoms with E-state index in [2.05, 4.69) is 30.4 Å². The van der Waals surface area contributed by atoms with Crippen LogP contribution in [0.2, 0.25) is 0 Å². The van der Waals surface area contributed by atoms with Crippen molar-refractivity contribution >= 4 is 0 Å². The summed E-state index contributed by atoms with van der Waals surface area (Å²) in [5.41, 5.74) is -0.484. The first kappa shape index (κ1) is 26.9. The Bertz CT molecular complexity index is 1040. The highest BCUT2D eigenvalue weighted by molar-refractivity contribution is 5.47. The Balaban J connectivity index is 1.71. The summed E-state index contributed by atoms with van der Waals surface area (Å²) in [6.45, 7) is 4.27. The molecule has 1 aliphatic rings. The quantitative estimate of drug-likeness (QED) is 0.286. The Morgan fingerprint density at radius 1 is 0.886 bits per heavy atom. The van der Waals surface area contributed by atoms with Gasteiger partial charge in [-0.15, -0.1) is 13.2 Å². The third kappa shape index (κ3) is 7.39. The summed E-state index contributed by atoms with van der Waals surface area (Å²) in [5, 5.41) is 0. The van der Waals surface area contributed by atoms with Crippen LogP contribution >= 0.6 is 0 Å². The first-order valence-corrected chi connectivity index (χ1v) is 11.7. The summed E-state index contributed by atoms with van der Waals surface area (Å²) in [6, 6.07) is 3.40. The van der Waals surface area contributed by atoms with Gasteiger partial charge in [-0.05, 0) is 66.8 Å². The van der Waals surface area contributed by atoms with Crippen molar-refractivity contribution in [3.05, 3.63) is 64.2 Å². The van der Waals surface area contributed by atoms with Gasteiger partial charge in [-0.1, -0.05) is 51.4 Å². The molecule has 1 unspecified atom stereocenters. The van der Waals surface area contributed by atoms with Crippen LogP contribution < -0.4 is 4.74 Å². The second-order valence-corrected chi connectivity index (χ2v) is 9.25. The van der Waals surface area contributed by atoms with Gasteiger partial charge in [0, 0.05) is 5.56 Å². The number of alkyl halides is 3. The van der Waals surface area contributed by atoms with Gasteiger partial charge >= 0.3 is 6.36 Å². The molecule has 190 valence electrons. The van der Waals surface area contributed by atoms with E-state index in [-0.39, 0.29) is 5.92 Å². The van der Waals surface area contributed by atoms with E-state index < -0.39 is 46.5 Å². The summed E-state index contributed by atoms with van der Waals surface area (Å²) >= 11 is 0. The van der Waals surface area contributed by atoms with Crippen LogP contribution in [0.1, 0.15) is 69.1 Å². The fourth-order valence-electron chi connectivity index (χ4n) is 4.84. The normalized spacial score (nSPS) is 19.1. The van der Waals surface area contributed by atoms with Crippen molar-refractivity contribution in [1.29, 1.82) is 0 Å². The second-order valence-electron chi connectivity index (χ2n) is 9.25. The van der Waals surface area contributed by atoms with E-state index in [9.17, 15) is 30.7 Å². The zero-order valence-electron chi connectivity index (χ0n) is 19.5. The lowest BCUT2D eigenvalue weighted by Gasteiger charge is -2.32. The monoisotopic (exact) mass is 500 g/mol. The molecule has 8 heteroatoms. The van der Waals surface area contributed by atoms with E-state index in [4.69, 9.17) is 0 Å². The topological polar surface area (TPSA) is 9.23 Å². The molecule has 3 rings (SSSR count). The molecule has 1 atom stereocenters. The number of halogens is 7. The van der Waals surface area contributed by atoms with Crippen molar-refractivity contribution in [3.8, 4) is 17.6 Å². The average Bonchev–Trinajstić information content (AvgIpc) is 2.76. The van der Waals surface area contributed by atoms with Gasteiger partial charge in [-0.2, -0.15) is 0 Å². The van der Waals surface area contributed by atoms with Gasteiger partial charge in [-0.25, -0.2) is 17.6 Å². The molecular formula is C27H27F7O. The van der Waals surface area contributed by atoms with E-state index in [1.807, 2.05) is 0 Å². The van der Waals surface area contributed by atoms with E-state index in [0.29, 0.717) is 30.0 Å². The van der Waals surface area contributed by atoms with Gasteiger partial charge < -0.3 is 4.74 Å². The molecule has 0 amide bonds. The maximum absolute atomic E-state index is 14.6. The molecule has 1 fully saturated rings. The average molecular weight is 500 g/mol. The van der Waals surface area contributed by atoms with Crippen LogP contribution in [-0.4, -0.2) is 6.36 Å². The zero-order chi connectivity index (χ0) is 25.8. The van der Waals surface area contributed by atoms with Crippen LogP contribution in [0.5, 0.6) is 5.75 Å². The number of rotatable bonds is 6. The lowest BCUT2D eigenvalue weighted by Crippen LogP contribution is -2.21. The van der Waals surface area contributed by atoms with Crippen LogP contribution in [0.15, 0.2) is 24.3 Å². The van der Waals surface area contributed by atoms with Gasteiger partial charge in [0.2, 0.25) is 5.75 Å². The molecule has 35 heavy (non-hydrogen) atoms. The maximum Gasteiger partial charge on any atom is 0.573 e. The Morgan fingerprint density at radius 2 is 1.46 bits per heavy atom. The van der Waals surface area contributed by atoms with Crippen molar-refractivity contribution in [2.24, 2.45) is 17.8 Å². The van der Waals surface area contributed by atoms with E-state index in [1.165, 1.54) is 37.8 Å². The van der Waals surface area contributed by atoms with Crippen LogP contribution in [0.25, 0.3) is 0 Å². The Hall–Kier alpha value is -2.69. The summed E-state index contributed by atoms with van der Waals surface area (Å²) in [6.07, 6.45) is 2.25. The van der Waals surface area contributed by atoms with Gasteiger partial charge in [-0.3, -0.25) is 0 Å². The van der Waals surface area contributed by atoms with Gasteiger partial charge in [0.05, 0.1) is 5.56 Å². The van der Waals surface area contributed by atoms with Gasteiger partial charge in [0.1, 0.15) is 11.6 Å². The summed E-state index contributed by atoms with van der Waals surface area (Å²) in [7, 11) is 0. The fraction of sp³-hybridized carbons (Fsp3) is 0.481. The smallest absolute Gasteiger partial charge is 0.399 e. The fourth-order valence-corrected chi connectivity index (χ4v) is 4.84. The van der Waals surface area contributed by atoms with E-state index in [1.54, 1.807) is 0 Å². The summed E-state index contributed by atoms with van der Waals surface area (Å²) in [5.74, 6) is -0.818. The molecule has 0 aromatic heterocycles. The number of hydrogen-bond donors (Lipinski definition) is 0. The highest BCUT2D eigenvalue weighted by Gasteiger charge is 2.34. The third-order valence-electron chi connectivity index (χ3n) is 6.60. The Labute approximate surface area is 200 Å². The van der Waals surface area contributed by atoms with E-state index >= 15 is 0 Å². The molecule has 0 bridgehead atoms. The molecule has 0 radical (unpaired) electrons. The van der Waals surface area contributed by atoms with Crippen LogP contribution in [0.4, 0.5) is 30.7 Å². The molecule has 2 aromatic rings. The first-order valence-electron chi connectivity index (χ1n) is 11.7. The maximum atomic E-state index is 14.6. The molecular weight excluding hydrogens is 473 g/mol. The molecule has 1 aliphatic carbocycles. The molecule has 1 nitrogen and oxygen atoms in total. The zero-order valence-corrected chi connectivity index (χ0v) is 19.5. The standard InChI is InChI=1S/C27H27F7O/c1-3-4-17-5-8-20(9-6-17)16(2)11-19-14-22(28)21(23(29)15-19)10-7-18-12-24(30)26(25(31)13-18)35-27(32,33)34/h12-17,20H,3-6,8-9,11H2,1-2H3. The van der Waals surface area contributed by atoms with Gasteiger partial charge in [0.15, 0.2) is 11.6 Å². The highest BCUT2D eigenvalue weighted by atomic mass is 19.4. The highest BCUT2D eigenvalue weighted by Crippen LogP contribution is 2.37. The number of hydrogen-bond acceptors (Lipinski definition) is 1. The van der Waals surface area contributed by atoms with Crippen LogP contribution in [-0.2, 0) is 6.42 Å². The third-order valence-corrected chi connectivity index (χ3v) is 6.60. The largest absolute Gasteiger partial charge is 0.573 e. The van der Waals surface area contributed by atoms with E-state index in [0.717, 1.165) is 18.8 Å². The summed E-state index contributed by atoms with van der Waals surface area (Å²) in [4.78, 5) is 0. The molecule has 1 saturated carbocycles. The lowest BCUT2D eigenvalue weighted by molar-refractivity contribution is -0.276. The SMILES string of the molecule is CCCC1CCC(C(C)Cc2cc(F)c(C#Cc3cc(F)c(OC(F)(F)F)c(F)c3)c(F)c2)CC1. The predicted molar refractivity (Wildman–Crippen MR) is 119 cm³/mol. The second kappa shape index (κ2) is 11.4. The van der Waals surface area contributed by atoms with Crippen molar-refractivity contribution in [2.45, 2.75) is 65.2 Å². The minimum absolute atomic E-state index is 0.261. The Kier molecular flexibility index (Phi) is 8.74. The van der Waals surface area contributed by atoms with Crippen molar-refractivity contribution in [2.75, 3.05) is 0 Å². The van der Waals surface area contributed by atoms with Gasteiger partial charge in [0.25, 0.3) is 0 Å². The van der Waals surface area contributed by atoms with Crippen molar-refractivity contribution < 1.29 is 35.5 Å². The van der Waals surface area contributed by atoms with Crippen LogP contribution in [0, 0.1) is 52.9 Å². The Morgan fingerprint density at radius 3 is 1.97 bits per heavy atom. The first-order chi connectivity index (χ1) is 16.5. The molecule has 0 aliphatic heterocycles. The molecule has 2 aromatic carbocycles. The summed E-state index contributed by atoms with van der Waals surface area (Å²) < 4.78 is 97.0. The lowest BCUT2D eigenvalue weighted by atomic mass is 9.73. The number of ether oxygens (including phenoxy) is 1. The minimum atomic E-state index is -5.28. The predicted octanol–water partition coefficient (Wildman–Crippen LogP) is 8.33. The molecule has 0 saturated heterocycles. The minimum Gasteiger partial charge on any atom is -0.399 e. The number of benzene rings is 2.